The molecule has 1 aromatic rings. The summed E-state index contributed by atoms with van der Waals surface area (Å²) in [5.41, 5.74) is 0.254. The Hall–Kier alpha value is -0.890. The number of rotatable bonds is 5. The van der Waals surface area contributed by atoms with Crippen molar-refractivity contribution >= 4 is 29.1 Å². The minimum absolute atomic E-state index is 0.378. The van der Waals surface area contributed by atoms with Crippen molar-refractivity contribution in [2.24, 2.45) is 0 Å². The van der Waals surface area contributed by atoms with Gasteiger partial charge >= 0.3 is 0 Å². The number of anilines is 1. The molecule has 0 aromatic heterocycles. The normalized spacial score (nSPS) is 13.8. The van der Waals surface area contributed by atoms with E-state index in [0.29, 0.717) is 28.6 Å². The van der Waals surface area contributed by atoms with Crippen LogP contribution in [-0.2, 0) is 0 Å². The van der Waals surface area contributed by atoms with E-state index in [1.807, 2.05) is 6.26 Å². The predicted molar refractivity (Wildman–Crippen MR) is 73.7 cm³/mol. The summed E-state index contributed by atoms with van der Waals surface area (Å²) in [6.45, 7) is 2.13. The number of hydrogen-bond donors (Lipinski definition) is 2. The molecule has 0 aliphatic carbocycles. The van der Waals surface area contributed by atoms with Crippen molar-refractivity contribution in [3.8, 4) is 6.07 Å². The van der Waals surface area contributed by atoms with Crippen LogP contribution >= 0.6 is 23.4 Å². The molecule has 5 heteroatoms. The topological polar surface area (TPSA) is 56.0 Å². The lowest BCUT2D eigenvalue weighted by Gasteiger charge is -2.23. The Morgan fingerprint density at radius 1 is 1.59 bits per heavy atom. The van der Waals surface area contributed by atoms with E-state index in [1.54, 1.807) is 36.9 Å². The first-order chi connectivity index (χ1) is 8.00. The molecular weight excluding hydrogens is 256 g/mol. The molecule has 92 valence electrons. The van der Waals surface area contributed by atoms with Crippen molar-refractivity contribution in [1.29, 1.82) is 5.26 Å². The fraction of sp³-hybridized carbons (Fsp3) is 0.417. The van der Waals surface area contributed by atoms with E-state index in [-0.39, 0.29) is 0 Å². The number of nitrogens with zero attached hydrogens (tertiary/aromatic N) is 1. The van der Waals surface area contributed by atoms with Gasteiger partial charge < -0.3 is 10.4 Å². The van der Waals surface area contributed by atoms with Crippen LogP contribution in [0.25, 0.3) is 0 Å². The molecule has 1 aromatic carbocycles. The highest BCUT2D eigenvalue weighted by Crippen LogP contribution is 2.24. The van der Waals surface area contributed by atoms with Gasteiger partial charge in [-0.25, -0.2) is 0 Å². The Morgan fingerprint density at radius 3 is 2.88 bits per heavy atom. The highest BCUT2D eigenvalue weighted by Gasteiger charge is 2.19. The zero-order valence-electron chi connectivity index (χ0n) is 9.83. The second-order valence-corrected chi connectivity index (χ2v) is 5.33. The standard InChI is InChI=1S/C12H15ClN2OS/c1-12(16,8-17-2)7-15-11-5-3-4-10(13)9(11)6-14/h3-5,15-16H,7-8H2,1-2H3. The number of thioether (sulfide) groups is 1. The molecule has 1 atom stereocenters. The van der Waals surface area contributed by atoms with Crippen LogP contribution in [0.2, 0.25) is 5.02 Å². The Kier molecular flexibility index (Phi) is 5.13. The van der Waals surface area contributed by atoms with E-state index in [9.17, 15) is 5.11 Å². The van der Waals surface area contributed by atoms with Crippen molar-refractivity contribution in [1.82, 2.24) is 0 Å². The first kappa shape index (κ1) is 14.2. The van der Waals surface area contributed by atoms with Crippen LogP contribution in [0, 0.1) is 11.3 Å². The maximum absolute atomic E-state index is 10.0. The van der Waals surface area contributed by atoms with Crippen molar-refractivity contribution in [2.45, 2.75) is 12.5 Å². The molecule has 1 rings (SSSR count). The average molecular weight is 271 g/mol. The lowest BCUT2D eigenvalue weighted by Crippen LogP contribution is -2.36. The quantitative estimate of drug-likeness (QED) is 0.864. The van der Waals surface area contributed by atoms with Crippen molar-refractivity contribution < 1.29 is 5.11 Å². The molecule has 3 nitrogen and oxygen atoms in total. The first-order valence-corrected chi connectivity index (χ1v) is 6.91. The van der Waals surface area contributed by atoms with Crippen LogP contribution in [0.4, 0.5) is 5.69 Å². The van der Waals surface area contributed by atoms with Gasteiger partial charge in [0.2, 0.25) is 0 Å². The van der Waals surface area contributed by atoms with Gasteiger partial charge in [-0.2, -0.15) is 17.0 Å². The minimum Gasteiger partial charge on any atom is -0.387 e. The van der Waals surface area contributed by atoms with Crippen LogP contribution in [-0.4, -0.2) is 29.3 Å². The maximum atomic E-state index is 10.0. The van der Waals surface area contributed by atoms with Crippen molar-refractivity contribution in [2.75, 3.05) is 23.9 Å². The van der Waals surface area contributed by atoms with Crippen LogP contribution in [0.3, 0.4) is 0 Å². The summed E-state index contributed by atoms with van der Waals surface area (Å²) in [6, 6.07) is 7.27. The summed E-state index contributed by atoms with van der Waals surface area (Å²) >= 11 is 7.49. The number of nitrogens with one attached hydrogen (secondary N) is 1. The molecule has 2 N–H and O–H groups in total. The Balaban J connectivity index is 2.77. The van der Waals surface area contributed by atoms with Gasteiger partial charge in [-0.3, -0.25) is 0 Å². The largest absolute Gasteiger partial charge is 0.387 e. The highest BCUT2D eigenvalue weighted by molar-refractivity contribution is 7.98. The van der Waals surface area contributed by atoms with Gasteiger partial charge in [0.1, 0.15) is 6.07 Å². The van der Waals surface area contributed by atoms with E-state index < -0.39 is 5.60 Å². The molecule has 0 spiro atoms. The van der Waals surface area contributed by atoms with Crippen molar-refractivity contribution in [3.05, 3.63) is 28.8 Å². The van der Waals surface area contributed by atoms with Gasteiger partial charge in [0.15, 0.2) is 0 Å². The molecule has 0 saturated heterocycles. The molecule has 0 bridgehead atoms. The van der Waals surface area contributed by atoms with E-state index in [4.69, 9.17) is 16.9 Å². The van der Waals surface area contributed by atoms with Gasteiger partial charge in [-0.15, -0.1) is 0 Å². The minimum atomic E-state index is -0.811. The summed E-state index contributed by atoms with van der Waals surface area (Å²) < 4.78 is 0. The second-order valence-electron chi connectivity index (χ2n) is 4.06. The molecule has 1 unspecified atom stereocenters. The highest BCUT2D eigenvalue weighted by atomic mass is 35.5. The number of nitriles is 1. The number of aliphatic hydroxyl groups is 1. The number of benzene rings is 1. The molecule has 0 fully saturated rings. The summed E-state index contributed by atoms with van der Waals surface area (Å²) in [5, 5.41) is 22.5. The van der Waals surface area contributed by atoms with Gasteiger partial charge in [-0.1, -0.05) is 17.7 Å². The van der Waals surface area contributed by atoms with Crippen LogP contribution in [0.1, 0.15) is 12.5 Å². The molecule has 0 aliphatic rings. The molecule has 0 radical (unpaired) electrons. The van der Waals surface area contributed by atoms with E-state index >= 15 is 0 Å². The fourth-order valence-electron chi connectivity index (χ4n) is 1.43. The SMILES string of the molecule is CSCC(C)(O)CNc1cccc(Cl)c1C#N. The van der Waals surface area contributed by atoms with Gasteiger partial charge in [0.05, 0.1) is 21.9 Å². The lowest BCUT2D eigenvalue weighted by molar-refractivity contribution is 0.0997. The third-order valence-corrected chi connectivity index (χ3v) is 3.47. The molecule has 0 amide bonds. The summed E-state index contributed by atoms with van der Waals surface area (Å²) in [5.74, 6) is 0.627. The summed E-state index contributed by atoms with van der Waals surface area (Å²) in [7, 11) is 0. The second kappa shape index (κ2) is 6.15. The zero-order valence-corrected chi connectivity index (χ0v) is 11.4. The number of hydrogen-bond acceptors (Lipinski definition) is 4. The Morgan fingerprint density at radius 2 is 2.29 bits per heavy atom. The number of halogens is 1. The van der Waals surface area contributed by atoms with E-state index in [2.05, 4.69) is 11.4 Å². The monoisotopic (exact) mass is 270 g/mol. The molecule has 0 saturated carbocycles. The Labute approximate surface area is 111 Å². The maximum Gasteiger partial charge on any atom is 0.103 e. The van der Waals surface area contributed by atoms with Gasteiger partial charge in [0, 0.05) is 12.3 Å². The lowest BCUT2D eigenvalue weighted by atomic mass is 10.1. The van der Waals surface area contributed by atoms with E-state index in [0.717, 1.165) is 0 Å². The molecule has 0 heterocycles. The summed E-state index contributed by atoms with van der Waals surface area (Å²) in [4.78, 5) is 0. The molecule has 0 aliphatic heterocycles. The van der Waals surface area contributed by atoms with Crippen LogP contribution < -0.4 is 5.32 Å². The van der Waals surface area contributed by atoms with Gasteiger partial charge in [0.25, 0.3) is 0 Å². The van der Waals surface area contributed by atoms with Crippen LogP contribution in [0.15, 0.2) is 18.2 Å². The first-order valence-electron chi connectivity index (χ1n) is 5.14. The average Bonchev–Trinajstić information content (AvgIpc) is 2.26. The molecular formula is C12H15ClN2OS. The van der Waals surface area contributed by atoms with Crippen molar-refractivity contribution in [3.63, 3.8) is 0 Å². The Bertz CT molecular complexity index is 429. The molecule has 17 heavy (non-hydrogen) atoms. The third-order valence-electron chi connectivity index (χ3n) is 2.24. The third kappa shape index (κ3) is 4.12. The van der Waals surface area contributed by atoms with E-state index in [1.165, 1.54) is 0 Å². The fourth-order valence-corrected chi connectivity index (χ4v) is 2.37. The van der Waals surface area contributed by atoms with Gasteiger partial charge in [-0.05, 0) is 25.3 Å². The smallest absolute Gasteiger partial charge is 0.103 e. The van der Waals surface area contributed by atoms with Crippen LogP contribution in [0.5, 0.6) is 0 Å². The summed E-state index contributed by atoms with van der Waals surface area (Å²) in [6.07, 6.45) is 1.94. The zero-order chi connectivity index (χ0) is 12.9. The predicted octanol–water partition coefficient (Wildman–Crippen LogP) is 2.74.